The van der Waals surface area contributed by atoms with Gasteiger partial charge in [-0.05, 0) is 12.1 Å². The molecule has 0 aliphatic carbocycles. The standard InChI is InChI=1S/C13H18N4O3/c18-13-11(3-6-20-13)17-5-7-19-10(9-17)8-14-12-2-1-4-15-16-12/h1-2,4,10-11H,3,5-9H2,(H,14,16)/t10-,11+/m1/s1. The van der Waals surface area contributed by atoms with Crippen LogP contribution in [0.25, 0.3) is 0 Å². The highest BCUT2D eigenvalue weighted by molar-refractivity contribution is 5.77. The molecule has 1 aromatic rings. The Hall–Kier alpha value is -1.73. The second kappa shape index (κ2) is 6.15. The Morgan fingerprint density at radius 2 is 2.40 bits per heavy atom. The molecular formula is C13H18N4O3. The third kappa shape index (κ3) is 3.05. The molecule has 3 heterocycles. The van der Waals surface area contributed by atoms with E-state index in [4.69, 9.17) is 9.47 Å². The molecule has 7 nitrogen and oxygen atoms in total. The Kier molecular flexibility index (Phi) is 4.08. The molecule has 2 saturated heterocycles. The van der Waals surface area contributed by atoms with Crippen LogP contribution in [0.4, 0.5) is 5.82 Å². The van der Waals surface area contributed by atoms with Gasteiger partial charge in [0.05, 0.1) is 19.3 Å². The van der Waals surface area contributed by atoms with Gasteiger partial charge in [0.15, 0.2) is 0 Å². The smallest absolute Gasteiger partial charge is 0.323 e. The molecule has 108 valence electrons. The van der Waals surface area contributed by atoms with Crippen molar-refractivity contribution in [1.29, 1.82) is 0 Å². The Labute approximate surface area is 117 Å². The van der Waals surface area contributed by atoms with Crippen LogP contribution in [-0.2, 0) is 14.3 Å². The fourth-order valence-corrected chi connectivity index (χ4v) is 2.58. The van der Waals surface area contributed by atoms with E-state index in [1.807, 2.05) is 12.1 Å². The lowest BCUT2D eigenvalue weighted by Crippen LogP contribution is -2.51. The van der Waals surface area contributed by atoms with Gasteiger partial charge in [-0.25, -0.2) is 0 Å². The molecule has 0 saturated carbocycles. The van der Waals surface area contributed by atoms with Crippen molar-refractivity contribution in [1.82, 2.24) is 15.1 Å². The summed E-state index contributed by atoms with van der Waals surface area (Å²) in [7, 11) is 0. The minimum absolute atomic E-state index is 0.0409. The van der Waals surface area contributed by atoms with E-state index in [2.05, 4.69) is 20.4 Å². The first-order valence-electron chi connectivity index (χ1n) is 6.87. The number of nitrogens with one attached hydrogen (secondary N) is 1. The third-order valence-electron chi connectivity index (χ3n) is 3.60. The highest BCUT2D eigenvalue weighted by Crippen LogP contribution is 2.17. The number of carbonyl (C=O) groups excluding carboxylic acids is 1. The number of aromatic nitrogens is 2. The van der Waals surface area contributed by atoms with E-state index in [1.54, 1.807) is 6.20 Å². The van der Waals surface area contributed by atoms with Crippen molar-refractivity contribution in [2.24, 2.45) is 0 Å². The molecule has 2 fully saturated rings. The Morgan fingerprint density at radius 3 is 3.15 bits per heavy atom. The number of rotatable bonds is 4. The number of nitrogens with zero attached hydrogens (tertiary/aromatic N) is 3. The van der Waals surface area contributed by atoms with Crippen LogP contribution in [-0.4, -0.2) is 66.1 Å². The zero-order valence-electron chi connectivity index (χ0n) is 11.2. The average Bonchev–Trinajstić information content (AvgIpc) is 2.93. The summed E-state index contributed by atoms with van der Waals surface area (Å²) < 4.78 is 10.7. The van der Waals surface area contributed by atoms with E-state index in [0.29, 0.717) is 19.8 Å². The summed E-state index contributed by atoms with van der Waals surface area (Å²) in [6.45, 7) is 3.32. The van der Waals surface area contributed by atoms with Gasteiger partial charge in [0, 0.05) is 32.3 Å². The van der Waals surface area contributed by atoms with Crippen molar-refractivity contribution >= 4 is 11.8 Å². The molecule has 1 N–H and O–H groups in total. The summed E-state index contributed by atoms with van der Waals surface area (Å²) in [6, 6.07) is 3.60. The number of esters is 1. The van der Waals surface area contributed by atoms with E-state index < -0.39 is 0 Å². The van der Waals surface area contributed by atoms with Gasteiger partial charge < -0.3 is 14.8 Å². The maximum absolute atomic E-state index is 11.6. The van der Waals surface area contributed by atoms with Crippen LogP contribution in [0, 0.1) is 0 Å². The summed E-state index contributed by atoms with van der Waals surface area (Å²) in [5.41, 5.74) is 0. The van der Waals surface area contributed by atoms with E-state index in [0.717, 1.165) is 25.3 Å². The molecule has 2 aliphatic rings. The number of hydrogen-bond acceptors (Lipinski definition) is 7. The maximum atomic E-state index is 11.6. The maximum Gasteiger partial charge on any atom is 0.323 e. The highest BCUT2D eigenvalue weighted by atomic mass is 16.5. The molecule has 7 heteroatoms. The number of carbonyl (C=O) groups is 1. The SMILES string of the molecule is O=C1OCC[C@@H]1N1CCO[C@H](CNc2cccnn2)C1. The van der Waals surface area contributed by atoms with Gasteiger partial charge in [-0.1, -0.05) is 0 Å². The molecule has 3 rings (SSSR count). The van der Waals surface area contributed by atoms with Crippen LogP contribution in [0.5, 0.6) is 0 Å². The molecule has 20 heavy (non-hydrogen) atoms. The fraction of sp³-hybridized carbons (Fsp3) is 0.615. The monoisotopic (exact) mass is 278 g/mol. The average molecular weight is 278 g/mol. The van der Waals surface area contributed by atoms with Crippen molar-refractivity contribution in [2.75, 3.05) is 38.2 Å². The lowest BCUT2D eigenvalue weighted by Gasteiger charge is -2.35. The van der Waals surface area contributed by atoms with Crippen LogP contribution in [0.3, 0.4) is 0 Å². The molecule has 0 amide bonds. The van der Waals surface area contributed by atoms with E-state index in [9.17, 15) is 4.79 Å². The molecule has 0 aromatic carbocycles. The van der Waals surface area contributed by atoms with Crippen LogP contribution in [0.1, 0.15) is 6.42 Å². The number of hydrogen-bond donors (Lipinski definition) is 1. The van der Waals surface area contributed by atoms with Crippen molar-refractivity contribution in [3.63, 3.8) is 0 Å². The zero-order valence-corrected chi connectivity index (χ0v) is 11.2. The Morgan fingerprint density at radius 1 is 1.45 bits per heavy atom. The Balaban J connectivity index is 1.52. The first-order chi connectivity index (χ1) is 9.83. The molecule has 1 aromatic heterocycles. The van der Waals surface area contributed by atoms with Crippen LogP contribution in [0.2, 0.25) is 0 Å². The predicted molar refractivity (Wildman–Crippen MR) is 71.2 cm³/mol. The number of anilines is 1. The van der Waals surface area contributed by atoms with Crippen molar-refractivity contribution in [2.45, 2.75) is 18.6 Å². The van der Waals surface area contributed by atoms with Crippen LogP contribution in [0.15, 0.2) is 18.3 Å². The highest BCUT2D eigenvalue weighted by Gasteiger charge is 2.35. The Bertz CT molecular complexity index is 456. The second-order valence-electron chi connectivity index (χ2n) is 4.95. The van der Waals surface area contributed by atoms with Crippen LogP contribution < -0.4 is 5.32 Å². The summed E-state index contributed by atoms with van der Waals surface area (Å²) in [4.78, 5) is 13.8. The van der Waals surface area contributed by atoms with Crippen molar-refractivity contribution in [3.05, 3.63) is 18.3 Å². The summed E-state index contributed by atoms with van der Waals surface area (Å²) in [6.07, 6.45) is 2.46. The number of morpholine rings is 1. The third-order valence-corrected chi connectivity index (χ3v) is 3.60. The molecule has 0 bridgehead atoms. The molecule has 2 atom stereocenters. The van der Waals surface area contributed by atoms with E-state index >= 15 is 0 Å². The second-order valence-corrected chi connectivity index (χ2v) is 4.95. The van der Waals surface area contributed by atoms with Gasteiger partial charge in [-0.15, -0.1) is 5.10 Å². The van der Waals surface area contributed by atoms with E-state index in [1.165, 1.54) is 0 Å². The normalized spacial score (nSPS) is 27.3. The zero-order chi connectivity index (χ0) is 13.8. The minimum Gasteiger partial charge on any atom is -0.464 e. The van der Waals surface area contributed by atoms with Crippen molar-refractivity contribution < 1.29 is 14.3 Å². The van der Waals surface area contributed by atoms with Gasteiger partial charge in [0.2, 0.25) is 0 Å². The van der Waals surface area contributed by atoms with Gasteiger partial charge in [0.1, 0.15) is 11.9 Å². The quantitative estimate of drug-likeness (QED) is 0.771. The molecule has 0 radical (unpaired) electrons. The van der Waals surface area contributed by atoms with E-state index in [-0.39, 0.29) is 18.1 Å². The number of cyclic esters (lactones) is 1. The fourth-order valence-electron chi connectivity index (χ4n) is 2.58. The van der Waals surface area contributed by atoms with Gasteiger partial charge in [0.25, 0.3) is 0 Å². The summed E-state index contributed by atoms with van der Waals surface area (Å²) in [5, 5.41) is 11.0. The molecular weight excluding hydrogens is 260 g/mol. The lowest BCUT2D eigenvalue weighted by molar-refractivity contribution is -0.144. The van der Waals surface area contributed by atoms with Gasteiger partial charge in [-0.3, -0.25) is 9.69 Å². The lowest BCUT2D eigenvalue weighted by atomic mass is 10.1. The van der Waals surface area contributed by atoms with Crippen molar-refractivity contribution in [3.8, 4) is 0 Å². The summed E-state index contributed by atoms with van der Waals surface area (Å²) in [5.74, 6) is 0.626. The first-order valence-corrected chi connectivity index (χ1v) is 6.87. The van der Waals surface area contributed by atoms with Gasteiger partial charge in [-0.2, -0.15) is 5.10 Å². The largest absolute Gasteiger partial charge is 0.464 e. The minimum atomic E-state index is -0.104. The molecule has 0 spiro atoms. The first kappa shape index (κ1) is 13.3. The topological polar surface area (TPSA) is 76.6 Å². The summed E-state index contributed by atoms with van der Waals surface area (Å²) >= 11 is 0. The predicted octanol–water partition coefficient (Wildman–Crippen LogP) is -0.0952. The molecule has 2 aliphatic heterocycles. The number of ether oxygens (including phenoxy) is 2. The molecule has 0 unspecified atom stereocenters. The van der Waals surface area contributed by atoms with Crippen LogP contribution >= 0.6 is 0 Å². The van der Waals surface area contributed by atoms with Gasteiger partial charge >= 0.3 is 5.97 Å².